The van der Waals surface area contributed by atoms with Crippen molar-refractivity contribution in [1.29, 1.82) is 0 Å². The first-order valence-electron chi connectivity index (χ1n) is 6.10. The van der Waals surface area contributed by atoms with Gasteiger partial charge >= 0.3 is 0 Å². The first-order chi connectivity index (χ1) is 9.65. The van der Waals surface area contributed by atoms with Crippen molar-refractivity contribution in [2.45, 2.75) is 6.92 Å². The van der Waals surface area contributed by atoms with Gasteiger partial charge in [-0.15, -0.1) is 0 Å². The Morgan fingerprint density at radius 3 is 2.60 bits per heavy atom. The molecule has 3 rings (SSSR count). The highest BCUT2D eigenvalue weighted by Crippen LogP contribution is 2.27. The number of nitrogens with zero attached hydrogens (tertiary/aromatic N) is 2. The minimum atomic E-state index is -0.302. The predicted molar refractivity (Wildman–Crippen MR) is 74.3 cm³/mol. The summed E-state index contributed by atoms with van der Waals surface area (Å²) in [6.07, 6.45) is 0. The van der Waals surface area contributed by atoms with E-state index < -0.39 is 0 Å². The zero-order valence-corrected chi connectivity index (χ0v) is 10.8. The lowest BCUT2D eigenvalue weighted by molar-refractivity contribution is 0.432. The van der Waals surface area contributed by atoms with E-state index in [4.69, 9.17) is 10.3 Å². The van der Waals surface area contributed by atoms with E-state index in [-0.39, 0.29) is 5.82 Å². The van der Waals surface area contributed by atoms with Crippen LogP contribution in [0, 0.1) is 12.7 Å². The number of benzene rings is 2. The molecule has 4 nitrogen and oxygen atoms in total. The van der Waals surface area contributed by atoms with Crippen LogP contribution in [0.25, 0.3) is 22.8 Å². The van der Waals surface area contributed by atoms with Gasteiger partial charge in [-0.3, -0.25) is 0 Å². The average Bonchev–Trinajstić information content (AvgIpc) is 2.92. The number of hydrogen-bond donors (Lipinski definition) is 1. The van der Waals surface area contributed by atoms with Crippen LogP contribution in [0.3, 0.4) is 0 Å². The Bertz CT molecular complexity index is 750. The van der Waals surface area contributed by atoms with Crippen LogP contribution < -0.4 is 5.73 Å². The molecule has 0 amide bonds. The highest BCUT2D eigenvalue weighted by atomic mass is 19.1. The van der Waals surface area contributed by atoms with Crippen LogP contribution in [0.1, 0.15) is 5.56 Å². The maximum absolute atomic E-state index is 12.9. The molecule has 0 aliphatic rings. The molecule has 3 aromatic rings. The van der Waals surface area contributed by atoms with Crippen LogP contribution >= 0.6 is 0 Å². The highest BCUT2D eigenvalue weighted by Gasteiger charge is 2.13. The summed E-state index contributed by atoms with van der Waals surface area (Å²) in [6, 6.07) is 11.4. The summed E-state index contributed by atoms with van der Waals surface area (Å²) in [6.45, 7) is 1.90. The van der Waals surface area contributed by atoms with E-state index in [9.17, 15) is 4.39 Å². The topological polar surface area (TPSA) is 64.9 Å². The van der Waals surface area contributed by atoms with Gasteiger partial charge in [0.05, 0.1) is 0 Å². The third-order valence-electron chi connectivity index (χ3n) is 3.13. The smallest absolute Gasteiger partial charge is 0.258 e. The third-order valence-corrected chi connectivity index (χ3v) is 3.13. The van der Waals surface area contributed by atoms with E-state index >= 15 is 0 Å². The van der Waals surface area contributed by atoms with E-state index in [1.54, 1.807) is 12.1 Å². The van der Waals surface area contributed by atoms with E-state index in [1.165, 1.54) is 12.1 Å². The molecule has 5 heteroatoms. The largest absolute Gasteiger partial charge is 0.398 e. The fourth-order valence-corrected chi connectivity index (χ4v) is 1.93. The minimum Gasteiger partial charge on any atom is -0.398 e. The maximum Gasteiger partial charge on any atom is 0.258 e. The van der Waals surface area contributed by atoms with Crippen molar-refractivity contribution >= 4 is 5.69 Å². The summed E-state index contributed by atoms with van der Waals surface area (Å²) < 4.78 is 18.2. The number of aromatic nitrogens is 2. The second-order valence-corrected chi connectivity index (χ2v) is 4.45. The van der Waals surface area contributed by atoms with Gasteiger partial charge in [-0.05, 0) is 48.9 Å². The molecule has 0 fully saturated rings. The van der Waals surface area contributed by atoms with Gasteiger partial charge in [-0.25, -0.2) is 4.39 Å². The zero-order valence-electron chi connectivity index (χ0n) is 10.8. The molecule has 0 saturated carbocycles. The molecule has 0 radical (unpaired) electrons. The average molecular weight is 269 g/mol. The lowest BCUT2D eigenvalue weighted by Gasteiger charge is -2.02. The molecule has 0 saturated heterocycles. The van der Waals surface area contributed by atoms with Crippen molar-refractivity contribution in [2.24, 2.45) is 0 Å². The second-order valence-electron chi connectivity index (χ2n) is 4.45. The van der Waals surface area contributed by atoms with Crippen LogP contribution in [-0.2, 0) is 0 Å². The SMILES string of the molecule is Cc1c(N)cccc1-c1nc(-c2ccc(F)cc2)no1. The Balaban J connectivity index is 2.02. The van der Waals surface area contributed by atoms with Crippen LogP contribution in [-0.4, -0.2) is 10.1 Å². The summed E-state index contributed by atoms with van der Waals surface area (Å²) in [5.74, 6) is 0.514. The van der Waals surface area contributed by atoms with Crippen molar-refractivity contribution in [3.05, 3.63) is 53.8 Å². The van der Waals surface area contributed by atoms with E-state index in [0.29, 0.717) is 23.0 Å². The summed E-state index contributed by atoms with van der Waals surface area (Å²) in [7, 11) is 0. The number of anilines is 1. The van der Waals surface area contributed by atoms with E-state index in [1.807, 2.05) is 25.1 Å². The first-order valence-corrected chi connectivity index (χ1v) is 6.10. The van der Waals surface area contributed by atoms with Gasteiger partial charge in [0, 0.05) is 16.8 Å². The number of nitrogens with two attached hydrogens (primary N) is 1. The van der Waals surface area contributed by atoms with Crippen LogP contribution in [0.15, 0.2) is 47.0 Å². The lowest BCUT2D eigenvalue weighted by Crippen LogP contribution is -1.92. The molecule has 1 aromatic heterocycles. The molecule has 2 N–H and O–H groups in total. The first kappa shape index (κ1) is 12.3. The molecule has 0 aliphatic carbocycles. The fraction of sp³-hybridized carbons (Fsp3) is 0.0667. The fourth-order valence-electron chi connectivity index (χ4n) is 1.93. The van der Waals surface area contributed by atoms with Crippen LogP contribution in [0.5, 0.6) is 0 Å². The number of rotatable bonds is 2. The molecular formula is C15H12FN3O. The lowest BCUT2D eigenvalue weighted by atomic mass is 10.1. The van der Waals surface area contributed by atoms with Gasteiger partial charge in [0.1, 0.15) is 5.82 Å². The Hall–Kier alpha value is -2.69. The molecule has 20 heavy (non-hydrogen) atoms. The number of hydrogen-bond acceptors (Lipinski definition) is 4. The van der Waals surface area contributed by atoms with Crippen LogP contribution in [0.4, 0.5) is 10.1 Å². The minimum absolute atomic E-state index is 0.302. The van der Waals surface area contributed by atoms with Crippen molar-refractivity contribution in [3.63, 3.8) is 0 Å². The third kappa shape index (κ3) is 2.14. The van der Waals surface area contributed by atoms with Crippen molar-refractivity contribution < 1.29 is 8.91 Å². The summed E-state index contributed by atoms with van der Waals surface area (Å²) in [5.41, 5.74) is 8.92. The predicted octanol–water partition coefficient (Wildman–Crippen LogP) is 3.43. The van der Waals surface area contributed by atoms with Gasteiger partial charge in [0.15, 0.2) is 0 Å². The summed E-state index contributed by atoms with van der Waals surface area (Å²) in [4.78, 5) is 4.33. The Morgan fingerprint density at radius 2 is 1.85 bits per heavy atom. The maximum atomic E-state index is 12.9. The Kier molecular flexibility index (Phi) is 2.95. The molecule has 0 atom stereocenters. The molecular weight excluding hydrogens is 257 g/mol. The summed E-state index contributed by atoms with van der Waals surface area (Å²) in [5, 5.41) is 3.91. The molecule has 2 aromatic carbocycles. The Labute approximate surface area is 115 Å². The van der Waals surface area contributed by atoms with Crippen molar-refractivity contribution in [1.82, 2.24) is 10.1 Å². The Morgan fingerprint density at radius 1 is 1.10 bits per heavy atom. The highest BCUT2D eigenvalue weighted by molar-refractivity contribution is 5.68. The molecule has 0 spiro atoms. The molecule has 0 unspecified atom stereocenters. The zero-order chi connectivity index (χ0) is 14.1. The van der Waals surface area contributed by atoms with Gasteiger partial charge < -0.3 is 10.3 Å². The quantitative estimate of drug-likeness (QED) is 0.724. The molecule has 1 heterocycles. The van der Waals surface area contributed by atoms with Crippen molar-refractivity contribution in [2.75, 3.05) is 5.73 Å². The van der Waals surface area contributed by atoms with Gasteiger partial charge in [0.2, 0.25) is 5.82 Å². The van der Waals surface area contributed by atoms with Crippen molar-refractivity contribution in [3.8, 4) is 22.8 Å². The number of halogens is 1. The monoisotopic (exact) mass is 269 g/mol. The van der Waals surface area contributed by atoms with Gasteiger partial charge in [-0.2, -0.15) is 4.98 Å². The summed E-state index contributed by atoms with van der Waals surface area (Å²) >= 11 is 0. The van der Waals surface area contributed by atoms with Gasteiger partial charge in [-0.1, -0.05) is 11.2 Å². The number of nitrogen functional groups attached to an aromatic ring is 1. The molecule has 0 bridgehead atoms. The standard InChI is InChI=1S/C15H12FN3O/c1-9-12(3-2-4-13(9)17)15-18-14(19-20-15)10-5-7-11(16)8-6-10/h2-8H,17H2,1H3. The van der Waals surface area contributed by atoms with Gasteiger partial charge in [0.25, 0.3) is 5.89 Å². The normalized spacial score (nSPS) is 10.7. The molecule has 100 valence electrons. The molecule has 0 aliphatic heterocycles. The van der Waals surface area contributed by atoms with E-state index in [0.717, 1.165) is 11.1 Å². The second kappa shape index (κ2) is 4.77. The van der Waals surface area contributed by atoms with Crippen LogP contribution in [0.2, 0.25) is 0 Å². The van der Waals surface area contributed by atoms with E-state index in [2.05, 4.69) is 10.1 Å².